The lowest BCUT2D eigenvalue weighted by atomic mass is 9.87. The lowest BCUT2D eigenvalue weighted by Crippen LogP contribution is -2.37. The molecule has 0 heterocycles. The molecule has 0 spiro atoms. The highest BCUT2D eigenvalue weighted by Crippen LogP contribution is 2.47. The van der Waals surface area contributed by atoms with E-state index in [-0.39, 0.29) is 41.8 Å². The van der Waals surface area contributed by atoms with Gasteiger partial charge in [-0.15, -0.1) is 0 Å². The van der Waals surface area contributed by atoms with Gasteiger partial charge in [-0.25, -0.2) is 0 Å². The second-order valence-electron chi connectivity index (χ2n) is 12.2. The minimum atomic E-state index is -4.06. The first-order chi connectivity index (χ1) is 20.8. The van der Waals surface area contributed by atoms with Crippen LogP contribution in [0, 0.1) is 0 Å². The average molecular weight is 620 g/mol. The Hall–Kier alpha value is -3.74. The molecule has 0 aliphatic carbocycles. The van der Waals surface area contributed by atoms with Crippen LogP contribution < -0.4 is 10.6 Å². The van der Waals surface area contributed by atoms with Gasteiger partial charge in [-0.05, 0) is 59.7 Å². The van der Waals surface area contributed by atoms with Crippen LogP contribution in [0.25, 0.3) is 0 Å². The van der Waals surface area contributed by atoms with E-state index in [1.807, 2.05) is 68.4 Å². The summed E-state index contributed by atoms with van der Waals surface area (Å²) in [6, 6.07) is 23.1. The van der Waals surface area contributed by atoms with Gasteiger partial charge in [0, 0.05) is 48.9 Å². The molecule has 44 heavy (non-hydrogen) atoms. The van der Waals surface area contributed by atoms with Crippen LogP contribution in [0.4, 0.5) is 5.69 Å². The van der Waals surface area contributed by atoms with Gasteiger partial charge in [0.1, 0.15) is 5.78 Å². The van der Waals surface area contributed by atoms with E-state index in [0.29, 0.717) is 24.3 Å². The quantitative estimate of drug-likeness (QED) is 0.171. The molecule has 236 valence electrons. The maximum Gasteiger partial charge on any atom is 0.253 e. The number of hydrogen-bond acceptors (Lipinski definition) is 4. The molecule has 0 radical (unpaired) electrons. The lowest BCUT2D eigenvalue weighted by molar-refractivity contribution is -0.115. The molecule has 2 unspecified atom stereocenters. The molecule has 0 saturated carbocycles. The Morgan fingerprint density at radius 3 is 2.07 bits per heavy atom. The summed E-state index contributed by atoms with van der Waals surface area (Å²) in [4.78, 5) is 52.3. The number of nitrogens with zero attached hydrogens (tertiary/aromatic N) is 1. The van der Waals surface area contributed by atoms with Crippen molar-refractivity contribution in [3.8, 4) is 0 Å². The summed E-state index contributed by atoms with van der Waals surface area (Å²) < 4.78 is 13.7. The van der Waals surface area contributed by atoms with Crippen molar-refractivity contribution in [3.63, 3.8) is 0 Å². The van der Waals surface area contributed by atoms with Crippen molar-refractivity contribution in [2.24, 2.45) is 0 Å². The number of carbonyl (C=O) groups excluding carboxylic acids is 3. The van der Waals surface area contributed by atoms with Crippen LogP contribution in [0.2, 0.25) is 0 Å². The van der Waals surface area contributed by atoms with Gasteiger partial charge >= 0.3 is 0 Å². The van der Waals surface area contributed by atoms with Crippen LogP contribution >= 0.6 is 7.37 Å². The van der Waals surface area contributed by atoms with Gasteiger partial charge in [0.25, 0.3) is 11.8 Å². The van der Waals surface area contributed by atoms with Crippen molar-refractivity contribution in [2.45, 2.75) is 71.5 Å². The van der Waals surface area contributed by atoms with E-state index in [4.69, 9.17) is 0 Å². The van der Waals surface area contributed by atoms with E-state index >= 15 is 0 Å². The molecule has 0 fully saturated rings. The Labute approximate surface area is 261 Å². The number of hydrogen-bond donors (Lipinski definition) is 3. The molecule has 0 saturated heterocycles. The van der Waals surface area contributed by atoms with Crippen LogP contribution in [-0.4, -0.2) is 52.5 Å². The maximum absolute atomic E-state index is 13.7. The summed E-state index contributed by atoms with van der Waals surface area (Å²) in [5, 5.41) is 5.55. The second-order valence-corrected chi connectivity index (χ2v) is 14.7. The number of benzene rings is 3. The molecule has 9 heteroatoms. The fourth-order valence-corrected chi connectivity index (χ4v) is 6.54. The van der Waals surface area contributed by atoms with Crippen molar-refractivity contribution in [1.29, 1.82) is 0 Å². The van der Waals surface area contributed by atoms with Gasteiger partial charge in [-0.1, -0.05) is 83.1 Å². The summed E-state index contributed by atoms with van der Waals surface area (Å²) in [5.74, 6) is -2.23. The maximum atomic E-state index is 13.7. The zero-order chi connectivity index (χ0) is 32.3. The van der Waals surface area contributed by atoms with Crippen LogP contribution in [0.1, 0.15) is 85.7 Å². The van der Waals surface area contributed by atoms with Gasteiger partial charge in [-0.2, -0.15) is 0 Å². The minimum absolute atomic E-state index is 0.0223. The summed E-state index contributed by atoms with van der Waals surface area (Å²) >= 11 is 0. The Bertz CT molecular complexity index is 1450. The van der Waals surface area contributed by atoms with E-state index in [2.05, 4.69) is 31.4 Å². The Morgan fingerprint density at radius 1 is 0.864 bits per heavy atom. The molecular formula is C35H46N3O5P. The third-order valence-corrected chi connectivity index (χ3v) is 9.55. The highest BCUT2D eigenvalue weighted by atomic mass is 31.2. The van der Waals surface area contributed by atoms with Crippen molar-refractivity contribution in [1.82, 2.24) is 10.2 Å². The summed E-state index contributed by atoms with van der Waals surface area (Å²) in [7, 11) is -4.06. The van der Waals surface area contributed by atoms with E-state index in [1.165, 1.54) is 6.07 Å². The van der Waals surface area contributed by atoms with Gasteiger partial charge in [0.05, 0.1) is 0 Å². The molecular weight excluding hydrogens is 573 g/mol. The standard InChI is InChI=1S/C35H46N3O5P/c1-6-21-38(22-7-2)34(41)28-15-11-14-27(25-28)33(40)37-32(24-26-12-9-8-10-13-26)44(42,43)23-20-31(39)36-30-18-16-29(17-19-30)35(3,4)5/h8-19,25,32H,6-7,20-24H2,1-5H3,(H,36,39)(H,37,40)(H,42,43). The molecule has 3 rings (SSSR count). The van der Waals surface area contributed by atoms with Crippen LogP contribution in [0.15, 0.2) is 78.9 Å². The lowest BCUT2D eigenvalue weighted by Gasteiger charge is -2.25. The first kappa shape index (κ1) is 34.7. The Kier molecular flexibility index (Phi) is 12.5. The van der Waals surface area contributed by atoms with E-state index in [9.17, 15) is 23.8 Å². The SMILES string of the molecule is CCCN(CCC)C(=O)c1cccc(C(=O)NC(Cc2ccccc2)P(=O)(O)CCC(=O)Nc2ccc(C(C)(C)C)cc2)c1. The van der Waals surface area contributed by atoms with Crippen LogP contribution in [-0.2, 0) is 21.2 Å². The molecule has 3 N–H and O–H groups in total. The monoisotopic (exact) mass is 619 g/mol. The number of anilines is 1. The van der Waals surface area contributed by atoms with Crippen molar-refractivity contribution < 1.29 is 23.8 Å². The predicted octanol–water partition coefficient (Wildman–Crippen LogP) is 6.84. The second kappa shape index (κ2) is 15.8. The molecule has 0 aliphatic heterocycles. The third-order valence-electron chi connectivity index (χ3n) is 7.40. The zero-order valence-corrected chi connectivity index (χ0v) is 27.4. The fourth-order valence-electron chi connectivity index (χ4n) is 4.89. The summed E-state index contributed by atoms with van der Waals surface area (Å²) in [5.41, 5.74) is 3.09. The molecule has 0 bridgehead atoms. The highest BCUT2D eigenvalue weighted by Gasteiger charge is 2.33. The number of carbonyl (C=O) groups is 3. The smallest absolute Gasteiger partial charge is 0.253 e. The van der Waals surface area contributed by atoms with Crippen molar-refractivity contribution in [2.75, 3.05) is 24.6 Å². The first-order valence-corrected chi connectivity index (χ1v) is 17.2. The van der Waals surface area contributed by atoms with Gasteiger partial charge in [-0.3, -0.25) is 18.9 Å². The predicted molar refractivity (Wildman–Crippen MR) is 177 cm³/mol. The van der Waals surface area contributed by atoms with Crippen LogP contribution in [0.3, 0.4) is 0 Å². The van der Waals surface area contributed by atoms with Gasteiger partial charge in [0.2, 0.25) is 13.3 Å². The van der Waals surface area contributed by atoms with Crippen molar-refractivity contribution in [3.05, 3.63) is 101 Å². The molecule has 0 aliphatic rings. The average Bonchev–Trinajstić information content (AvgIpc) is 2.99. The van der Waals surface area contributed by atoms with Gasteiger partial charge in [0.15, 0.2) is 0 Å². The van der Waals surface area contributed by atoms with Crippen molar-refractivity contribution >= 4 is 30.8 Å². The van der Waals surface area contributed by atoms with E-state index < -0.39 is 19.1 Å². The topological polar surface area (TPSA) is 116 Å². The normalized spacial score (nSPS) is 13.4. The largest absolute Gasteiger partial charge is 0.343 e. The molecule has 0 aromatic heterocycles. The minimum Gasteiger partial charge on any atom is -0.343 e. The fraction of sp³-hybridized carbons (Fsp3) is 0.400. The zero-order valence-electron chi connectivity index (χ0n) is 26.5. The summed E-state index contributed by atoms with van der Waals surface area (Å²) in [6.45, 7) is 11.6. The van der Waals surface area contributed by atoms with E-state index in [0.717, 1.165) is 24.0 Å². The van der Waals surface area contributed by atoms with E-state index in [1.54, 1.807) is 23.1 Å². The molecule has 3 aromatic rings. The molecule has 3 aromatic carbocycles. The highest BCUT2D eigenvalue weighted by molar-refractivity contribution is 7.58. The number of nitrogens with one attached hydrogen (secondary N) is 2. The molecule has 2 atom stereocenters. The summed E-state index contributed by atoms with van der Waals surface area (Å²) in [6.07, 6.45) is 1.25. The molecule has 3 amide bonds. The number of amides is 3. The first-order valence-electron chi connectivity index (χ1n) is 15.3. The Morgan fingerprint density at radius 2 is 1.48 bits per heavy atom. The third kappa shape index (κ3) is 10.2. The van der Waals surface area contributed by atoms with Gasteiger partial charge < -0.3 is 20.4 Å². The molecule has 8 nitrogen and oxygen atoms in total. The Balaban J connectivity index is 1.75. The number of rotatable bonds is 14. The van der Waals surface area contributed by atoms with Crippen LogP contribution in [0.5, 0.6) is 0 Å².